The second-order valence-corrected chi connectivity index (χ2v) is 6.43. The summed E-state index contributed by atoms with van der Waals surface area (Å²) in [4.78, 5) is 16.4. The third kappa shape index (κ3) is 3.35. The fourth-order valence-corrected chi connectivity index (χ4v) is 3.73. The summed E-state index contributed by atoms with van der Waals surface area (Å²) in [6.45, 7) is 2.21. The van der Waals surface area contributed by atoms with Gasteiger partial charge in [-0.3, -0.25) is 0 Å². The van der Waals surface area contributed by atoms with Gasteiger partial charge in [-0.1, -0.05) is 30.6 Å². The number of thiazole rings is 1. The number of rotatable bonds is 4. The Bertz CT molecular complexity index is 632. The largest absolute Gasteiger partial charge is 0.462 e. The molecule has 1 heterocycles. The molecule has 1 aliphatic carbocycles. The van der Waals surface area contributed by atoms with Crippen molar-refractivity contribution < 1.29 is 9.53 Å². The molecule has 3 rings (SSSR count). The number of anilines is 1. The van der Waals surface area contributed by atoms with Crippen LogP contribution in [0.15, 0.2) is 18.2 Å². The molecule has 0 saturated heterocycles. The second kappa shape index (κ2) is 6.43. The third-order valence-electron chi connectivity index (χ3n) is 3.83. The second-order valence-electron chi connectivity index (χ2n) is 5.40. The summed E-state index contributed by atoms with van der Waals surface area (Å²) in [5, 5.41) is 4.49. The lowest BCUT2D eigenvalue weighted by molar-refractivity contribution is 0.0526. The van der Waals surface area contributed by atoms with Gasteiger partial charge < -0.3 is 10.1 Å². The van der Waals surface area contributed by atoms with Crippen molar-refractivity contribution >= 4 is 32.7 Å². The number of benzene rings is 1. The molecule has 0 radical (unpaired) electrons. The minimum Gasteiger partial charge on any atom is -0.462 e. The molecule has 0 unspecified atom stereocenters. The minimum absolute atomic E-state index is 0.269. The van der Waals surface area contributed by atoms with Crippen molar-refractivity contribution in [3.8, 4) is 0 Å². The first-order chi connectivity index (χ1) is 10.3. The third-order valence-corrected chi connectivity index (χ3v) is 4.78. The molecule has 0 aliphatic heterocycles. The molecular formula is C16H20N2O2S. The molecule has 0 amide bonds. The first-order valence-corrected chi connectivity index (χ1v) is 8.42. The number of ether oxygens (including phenoxy) is 1. The lowest BCUT2D eigenvalue weighted by atomic mass is 9.96. The number of esters is 1. The van der Waals surface area contributed by atoms with Crippen molar-refractivity contribution in [1.29, 1.82) is 0 Å². The van der Waals surface area contributed by atoms with Crippen LogP contribution in [0.2, 0.25) is 0 Å². The molecule has 1 fully saturated rings. The number of hydrogen-bond acceptors (Lipinski definition) is 5. The predicted molar refractivity (Wildman–Crippen MR) is 86.1 cm³/mol. The smallest absolute Gasteiger partial charge is 0.338 e. The van der Waals surface area contributed by atoms with Gasteiger partial charge in [-0.2, -0.15) is 0 Å². The van der Waals surface area contributed by atoms with E-state index >= 15 is 0 Å². The van der Waals surface area contributed by atoms with Crippen molar-refractivity contribution in [2.45, 2.75) is 45.1 Å². The minimum atomic E-state index is -0.269. The van der Waals surface area contributed by atoms with E-state index in [1.54, 1.807) is 17.4 Å². The first kappa shape index (κ1) is 14.3. The average molecular weight is 304 g/mol. The summed E-state index contributed by atoms with van der Waals surface area (Å²) in [6, 6.07) is 6.09. The molecule has 1 aromatic heterocycles. The van der Waals surface area contributed by atoms with Gasteiger partial charge >= 0.3 is 5.97 Å². The summed E-state index contributed by atoms with van der Waals surface area (Å²) in [6.07, 6.45) is 6.40. The van der Waals surface area contributed by atoms with Crippen molar-refractivity contribution in [2.75, 3.05) is 11.9 Å². The van der Waals surface area contributed by atoms with Crippen molar-refractivity contribution in [2.24, 2.45) is 0 Å². The molecule has 2 aromatic rings. The van der Waals surface area contributed by atoms with Gasteiger partial charge in [0.25, 0.3) is 0 Å². The maximum atomic E-state index is 11.8. The molecule has 21 heavy (non-hydrogen) atoms. The SMILES string of the molecule is CCOC(=O)c1ccc2nc(NC3CCCCC3)sc2c1. The lowest BCUT2D eigenvalue weighted by Gasteiger charge is -2.22. The molecule has 1 saturated carbocycles. The van der Waals surface area contributed by atoms with Crippen LogP contribution < -0.4 is 5.32 Å². The summed E-state index contributed by atoms with van der Waals surface area (Å²) in [7, 11) is 0. The fourth-order valence-electron chi connectivity index (χ4n) is 2.75. The van der Waals surface area contributed by atoms with Crippen LogP contribution >= 0.6 is 11.3 Å². The number of carbonyl (C=O) groups excluding carboxylic acids is 1. The zero-order valence-corrected chi connectivity index (χ0v) is 13.0. The highest BCUT2D eigenvalue weighted by Gasteiger charge is 2.15. The molecule has 0 atom stereocenters. The van der Waals surface area contributed by atoms with E-state index < -0.39 is 0 Å². The standard InChI is InChI=1S/C16H20N2O2S/c1-2-20-15(19)11-8-9-13-14(10-11)21-16(18-13)17-12-6-4-3-5-7-12/h8-10,12H,2-7H2,1H3,(H,17,18). The van der Waals surface area contributed by atoms with E-state index in [1.165, 1.54) is 32.1 Å². The van der Waals surface area contributed by atoms with Gasteiger partial charge in [-0.25, -0.2) is 9.78 Å². The highest BCUT2D eigenvalue weighted by atomic mass is 32.1. The van der Waals surface area contributed by atoms with E-state index in [1.807, 2.05) is 19.1 Å². The Morgan fingerprint density at radius 2 is 2.19 bits per heavy atom. The number of aromatic nitrogens is 1. The van der Waals surface area contributed by atoms with Crippen molar-refractivity contribution in [1.82, 2.24) is 4.98 Å². The number of nitrogens with zero attached hydrogens (tertiary/aromatic N) is 1. The first-order valence-electron chi connectivity index (χ1n) is 7.60. The molecule has 4 nitrogen and oxygen atoms in total. The Hall–Kier alpha value is -1.62. The molecule has 1 aliphatic rings. The number of nitrogens with one attached hydrogen (secondary N) is 1. The van der Waals surface area contributed by atoms with Crippen LogP contribution in [0, 0.1) is 0 Å². The van der Waals surface area contributed by atoms with Gasteiger partial charge in [0.05, 0.1) is 22.4 Å². The Labute approximate surface area is 128 Å². The number of carbonyl (C=O) groups is 1. The van der Waals surface area contributed by atoms with Gasteiger partial charge in [-0.15, -0.1) is 0 Å². The fraction of sp³-hybridized carbons (Fsp3) is 0.500. The Morgan fingerprint density at radius 1 is 1.38 bits per heavy atom. The molecule has 0 bridgehead atoms. The number of fused-ring (bicyclic) bond motifs is 1. The van der Waals surface area contributed by atoms with Gasteiger partial charge in [0.2, 0.25) is 0 Å². The molecule has 1 aromatic carbocycles. The quantitative estimate of drug-likeness (QED) is 0.859. The molecule has 0 spiro atoms. The topological polar surface area (TPSA) is 51.2 Å². The van der Waals surface area contributed by atoms with E-state index in [0.717, 1.165) is 15.3 Å². The van der Waals surface area contributed by atoms with Crippen molar-refractivity contribution in [3.63, 3.8) is 0 Å². The summed E-state index contributed by atoms with van der Waals surface area (Å²) in [5.41, 5.74) is 1.53. The molecule has 112 valence electrons. The maximum absolute atomic E-state index is 11.8. The monoisotopic (exact) mass is 304 g/mol. The van der Waals surface area contributed by atoms with Crippen LogP contribution in [-0.4, -0.2) is 23.6 Å². The average Bonchev–Trinajstić information content (AvgIpc) is 2.89. The van der Waals surface area contributed by atoms with Gasteiger partial charge in [0.1, 0.15) is 0 Å². The Balaban J connectivity index is 1.77. The van der Waals surface area contributed by atoms with E-state index in [2.05, 4.69) is 10.3 Å². The molecule has 1 N–H and O–H groups in total. The van der Waals surface area contributed by atoms with E-state index in [0.29, 0.717) is 18.2 Å². The molecule has 5 heteroatoms. The highest BCUT2D eigenvalue weighted by Crippen LogP contribution is 2.29. The van der Waals surface area contributed by atoms with Crippen LogP contribution in [0.5, 0.6) is 0 Å². The van der Waals surface area contributed by atoms with Crippen LogP contribution in [-0.2, 0) is 4.74 Å². The normalized spacial score (nSPS) is 16.0. The van der Waals surface area contributed by atoms with Crippen LogP contribution in [0.25, 0.3) is 10.2 Å². The summed E-state index contributed by atoms with van der Waals surface area (Å²) < 4.78 is 6.06. The van der Waals surface area contributed by atoms with E-state index in [9.17, 15) is 4.79 Å². The predicted octanol–water partition coefficient (Wildman–Crippen LogP) is 4.22. The van der Waals surface area contributed by atoms with Crippen LogP contribution in [0.1, 0.15) is 49.4 Å². The summed E-state index contributed by atoms with van der Waals surface area (Å²) in [5.74, 6) is -0.269. The van der Waals surface area contributed by atoms with Crippen LogP contribution in [0.4, 0.5) is 5.13 Å². The van der Waals surface area contributed by atoms with Gasteiger partial charge in [0, 0.05) is 6.04 Å². The van der Waals surface area contributed by atoms with Gasteiger partial charge in [-0.05, 0) is 38.0 Å². The lowest BCUT2D eigenvalue weighted by Crippen LogP contribution is -2.21. The Kier molecular flexibility index (Phi) is 4.39. The summed E-state index contributed by atoms with van der Waals surface area (Å²) >= 11 is 1.61. The van der Waals surface area contributed by atoms with Crippen molar-refractivity contribution in [3.05, 3.63) is 23.8 Å². The van der Waals surface area contributed by atoms with Crippen LogP contribution in [0.3, 0.4) is 0 Å². The highest BCUT2D eigenvalue weighted by molar-refractivity contribution is 7.22. The molecular weight excluding hydrogens is 284 g/mol. The number of hydrogen-bond donors (Lipinski definition) is 1. The van der Waals surface area contributed by atoms with Gasteiger partial charge in [0.15, 0.2) is 5.13 Å². The maximum Gasteiger partial charge on any atom is 0.338 e. The zero-order valence-electron chi connectivity index (χ0n) is 12.2. The van der Waals surface area contributed by atoms with E-state index in [-0.39, 0.29) is 5.97 Å². The van der Waals surface area contributed by atoms with E-state index in [4.69, 9.17) is 4.74 Å². The zero-order chi connectivity index (χ0) is 14.7. The Morgan fingerprint density at radius 3 is 2.95 bits per heavy atom.